The van der Waals surface area contributed by atoms with Crippen LogP contribution >= 0.6 is 0 Å². The van der Waals surface area contributed by atoms with Crippen LogP contribution in [0, 0.1) is 0 Å². The van der Waals surface area contributed by atoms with Gasteiger partial charge in [0.15, 0.2) is 0 Å². The van der Waals surface area contributed by atoms with Gasteiger partial charge >= 0.3 is 12.0 Å². The first-order chi connectivity index (χ1) is 9.83. The molecule has 1 aromatic rings. The van der Waals surface area contributed by atoms with Gasteiger partial charge in [-0.05, 0) is 19.1 Å². The fraction of sp³-hybridized carbons (Fsp3) is 0.385. The van der Waals surface area contributed by atoms with Crippen LogP contribution in [0.5, 0.6) is 5.75 Å². The number of rotatable bonds is 6. The van der Waals surface area contributed by atoms with Gasteiger partial charge in [-0.25, -0.2) is 9.59 Å². The average molecular weight is 314 g/mol. The van der Waals surface area contributed by atoms with E-state index in [1.807, 2.05) is 0 Å². The summed E-state index contributed by atoms with van der Waals surface area (Å²) in [6.07, 6.45) is 1.54. The molecule has 1 aromatic carbocycles. The Morgan fingerprint density at radius 2 is 2.10 bits per heavy atom. The zero-order chi connectivity index (χ0) is 16.0. The number of hydrogen-bond acceptors (Lipinski definition) is 4. The molecular formula is C13H18N2O5S. The van der Waals surface area contributed by atoms with Crippen molar-refractivity contribution in [1.29, 1.82) is 0 Å². The van der Waals surface area contributed by atoms with Gasteiger partial charge in [0.1, 0.15) is 5.75 Å². The maximum Gasteiger partial charge on any atom is 0.337 e. The molecule has 0 bridgehead atoms. The van der Waals surface area contributed by atoms with Crippen LogP contribution < -0.4 is 15.4 Å². The Kier molecular flexibility index (Phi) is 6.16. The van der Waals surface area contributed by atoms with E-state index in [2.05, 4.69) is 10.6 Å². The van der Waals surface area contributed by atoms with Crippen molar-refractivity contribution in [3.05, 3.63) is 23.8 Å². The van der Waals surface area contributed by atoms with E-state index < -0.39 is 22.8 Å². The largest absolute Gasteiger partial charge is 0.497 e. The van der Waals surface area contributed by atoms with Crippen molar-refractivity contribution in [3.63, 3.8) is 0 Å². The summed E-state index contributed by atoms with van der Waals surface area (Å²) in [5.74, 6) is -0.411. The Bertz CT molecular complexity index is 561. The summed E-state index contributed by atoms with van der Waals surface area (Å²) >= 11 is 0. The third kappa shape index (κ3) is 5.42. The minimum Gasteiger partial charge on any atom is -0.497 e. The summed E-state index contributed by atoms with van der Waals surface area (Å²) < 4.78 is 16.1. The number of carboxylic acids is 1. The fourth-order valence-corrected chi connectivity index (χ4v) is 2.50. The van der Waals surface area contributed by atoms with E-state index >= 15 is 0 Å². The predicted molar refractivity (Wildman–Crippen MR) is 80.5 cm³/mol. The summed E-state index contributed by atoms with van der Waals surface area (Å²) in [7, 11) is 0.411. The van der Waals surface area contributed by atoms with Crippen LogP contribution in [0.4, 0.5) is 10.5 Å². The Balaban J connectivity index is 2.83. The molecule has 8 heteroatoms. The van der Waals surface area contributed by atoms with Crippen molar-refractivity contribution in [2.24, 2.45) is 0 Å². The number of ether oxygens (including phenoxy) is 1. The lowest BCUT2D eigenvalue weighted by atomic mass is 10.1. The molecule has 21 heavy (non-hydrogen) atoms. The van der Waals surface area contributed by atoms with Gasteiger partial charge in [0.2, 0.25) is 0 Å². The lowest BCUT2D eigenvalue weighted by Gasteiger charge is -2.15. The third-order valence-electron chi connectivity index (χ3n) is 2.57. The van der Waals surface area contributed by atoms with Crippen molar-refractivity contribution < 1.29 is 23.6 Å². The molecule has 0 radical (unpaired) electrons. The van der Waals surface area contributed by atoms with Crippen LogP contribution in [0.3, 0.4) is 0 Å². The Morgan fingerprint density at radius 1 is 1.43 bits per heavy atom. The van der Waals surface area contributed by atoms with E-state index in [0.717, 1.165) is 0 Å². The standard InChI is InChI=1S/C13H18N2O5S/c1-8(7-21(3)19)14-13(18)15-11-6-9(20-2)4-5-10(11)12(16)17/h4-6,8H,7H2,1-3H3,(H,16,17)(H2,14,15,18). The molecule has 1 rings (SSSR count). The molecule has 0 aliphatic carbocycles. The number of carbonyl (C=O) groups excluding carboxylic acids is 1. The second-order valence-corrected chi connectivity index (χ2v) is 5.94. The van der Waals surface area contributed by atoms with Gasteiger partial charge in [0, 0.05) is 34.9 Å². The summed E-state index contributed by atoms with van der Waals surface area (Å²) in [5, 5.41) is 14.1. The SMILES string of the molecule is COc1ccc(C(=O)O)c(NC(=O)NC(C)CS(C)=O)c1. The van der Waals surface area contributed by atoms with Crippen molar-refractivity contribution in [1.82, 2.24) is 5.32 Å². The number of amides is 2. The summed E-state index contributed by atoms with van der Waals surface area (Å²) in [5.41, 5.74) is 0.0850. The zero-order valence-electron chi connectivity index (χ0n) is 12.0. The highest BCUT2D eigenvalue weighted by Gasteiger charge is 2.15. The van der Waals surface area contributed by atoms with Gasteiger partial charge in [0.25, 0.3) is 0 Å². The van der Waals surface area contributed by atoms with E-state index in [1.54, 1.807) is 13.2 Å². The molecule has 0 aliphatic heterocycles. The molecular weight excluding hydrogens is 296 g/mol. The zero-order valence-corrected chi connectivity index (χ0v) is 12.8. The maximum atomic E-state index is 11.8. The van der Waals surface area contributed by atoms with Gasteiger partial charge in [-0.1, -0.05) is 0 Å². The molecule has 0 aliphatic rings. The van der Waals surface area contributed by atoms with E-state index in [0.29, 0.717) is 11.5 Å². The molecule has 2 atom stereocenters. The van der Waals surface area contributed by atoms with Crippen molar-refractivity contribution in [2.75, 3.05) is 24.4 Å². The number of anilines is 1. The minimum absolute atomic E-state index is 0.0438. The Labute approximate surface area is 125 Å². The first-order valence-corrected chi connectivity index (χ1v) is 7.85. The number of benzene rings is 1. The molecule has 0 spiro atoms. The van der Waals surface area contributed by atoms with Gasteiger partial charge < -0.3 is 20.5 Å². The van der Waals surface area contributed by atoms with Gasteiger partial charge in [0.05, 0.1) is 18.4 Å². The number of urea groups is 1. The predicted octanol–water partition coefficient (Wildman–Crippen LogP) is 1.28. The van der Waals surface area contributed by atoms with E-state index in [4.69, 9.17) is 9.84 Å². The minimum atomic E-state index is -1.16. The molecule has 2 unspecified atom stereocenters. The number of carbonyl (C=O) groups is 2. The smallest absolute Gasteiger partial charge is 0.337 e. The van der Waals surface area contributed by atoms with Crippen LogP contribution in [0.1, 0.15) is 17.3 Å². The van der Waals surface area contributed by atoms with Gasteiger partial charge in [-0.15, -0.1) is 0 Å². The topological polar surface area (TPSA) is 105 Å². The van der Waals surface area contributed by atoms with Crippen LogP contribution in [-0.2, 0) is 10.8 Å². The lowest BCUT2D eigenvalue weighted by Crippen LogP contribution is -2.39. The molecule has 0 aromatic heterocycles. The number of carboxylic acid groups (broad SMARTS) is 1. The van der Waals surface area contributed by atoms with Crippen LogP contribution in [0.15, 0.2) is 18.2 Å². The molecule has 0 saturated carbocycles. The normalized spacial score (nSPS) is 13.1. The highest BCUT2D eigenvalue weighted by Crippen LogP contribution is 2.22. The Hall–Kier alpha value is -2.09. The third-order valence-corrected chi connectivity index (χ3v) is 3.54. The van der Waals surface area contributed by atoms with E-state index in [9.17, 15) is 13.8 Å². The van der Waals surface area contributed by atoms with Crippen molar-refractivity contribution in [2.45, 2.75) is 13.0 Å². The highest BCUT2D eigenvalue weighted by atomic mass is 32.2. The summed E-state index contributed by atoms with van der Waals surface area (Å²) in [4.78, 5) is 22.9. The van der Waals surface area contributed by atoms with Crippen molar-refractivity contribution in [3.8, 4) is 5.75 Å². The first-order valence-electron chi connectivity index (χ1n) is 6.12. The van der Waals surface area contributed by atoms with Crippen LogP contribution in [0.25, 0.3) is 0 Å². The van der Waals surface area contributed by atoms with Crippen molar-refractivity contribution >= 4 is 28.5 Å². The second-order valence-electron chi connectivity index (χ2n) is 4.46. The van der Waals surface area contributed by atoms with Crippen LogP contribution in [0.2, 0.25) is 0 Å². The maximum absolute atomic E-state index is 11.8. The summed E-state index contributed by atoms with van der Waals surface area (Å²) in [6.45, 7) is 1.71. The highest BCUT2D eigenvalue weighted by molar-refractivity contribution is 7.84. The first kappa shape index (κ1) is 17.0. The Morgan fingerprint density at radius 3 is 2.62 bits per heavy atom. The molecule has 0 heterocycles. The second kappa shape index (κ2) is 7.63. The van der Waals surface area contributed by atoms with E-state index in [1.165, 1.54) is 25.3 Å². The van der Waals surface area contributed by atoms with Gasteiger partial charge in [-0.2, -0.15) is 0 Å². The average Bonchev–Trinajstić information content (AvgIpc) is 2.36. The fourth-order valence-electron chi connectivity index (χ4n) is 1.72. The number of methoxy groups -OCH3 is 1. The molecule has 0 fully saturated rings. The lowest BCUT2D eigenvalue weighted by molar-refractivity contribution is 0.0698. The van der Waals surface area contributed by atoms with Gasteiger partial charge in [-0.3, -0.25) is 4.21 Å². The molecule has 116 valence electrons. The molecule has 7 nitrogen and oxygen atoms in total. The van der Waals surface area contributed by atoms with E-state index in [-0.39, 0.29) is 17.3 Å². The summed E-state index contributed by atoms with van der Waals surface area (Å²) in [6, 6.07) is 3.40. The monoisotopic (exact) mass is 314 g/mol. The quantitative estimate of drug-likeness (QED) is 0.733. The van der Waals surface area contributed by atoms with Crippen LogP contribution in [-0.4, -0.2) is 46.5 Å². The number of aromatic carboxylic acids is 1. The number of hydrogen-bond donors (Lipinski definition) is 3. The molecule has 0 saturated heterocycles. The molecule has 2 amide bonds. The molecule has 3 N–H and O–H groups in total. The number of nitrogens with one attached hydrogen (secondary N) is 2.